The molecule has 0 rings (SSSR count). The molecule has 0 atom stereocenters. The Bertz CT molecular complexity index is 161. The quantitative estimate of drug-likeness (QED) is 0.237. The Hall–Kier alpha value is 0.736. The van der Waals surface area contributed by atoms with E-state index in [1.54, 1.807) is 0 Å². The first-order valence-electron chi connectivity index (χ1n) is 1.35. The van der Waals surface area contributed by atoms with Crippen LogP contribution in [0, 0.1) is 0 Å². The number of hydrogen-bond donors (Lipinski definition) is 4. The first-order chi connectivity index (χ1) is 3.73. The Kier molecular flexibility index (Phi) is 22.1. The summed E-state index contributed by atoms with van der Waals surface area (Å²) >= 11 is 0. The summed E-state index contributed by atoms with van der Waals surface area (Å²) in [5.74, 6) is 0. The van der Waals surface area contributed by atoms with Crippen molar-refractivity contribution in [3.63, 3.8) is 0 Å². The SMILES string of the molecule is O.O=C(O)O.O=S(=O)(O)O.[H-].[K+]. The molecule has 0 aliphatic carbocycles. The van der Waals surface area contributed by atoms with Gasteiger partial charge in [0, 0.05) is 0 Å². The molecule has 0 saturated carbocycles. The molecule has 0 heterocycles. The van der Waals surface area contributed by atoms with Crippen LogP contribution in [0.1, 0.15) is 1.43 Å². The largest absolute Gasteiger partial charge is 1.00 e. The molecule has 0 saturated heterocycles. The fourth-order valence-corrected chi connectivity index (χ4v) is 0. The van der Waals surface area contributed by atoms with Gasteiger partial charge in [0.2, 0.25) is 0 Å². The molecule has 0 aromatic carbocycles. The van der Waals surface area contributed by atoms with Crippen LogP contribution in [0.3, 0.4) is 0 Å². The average molecular weight is 218 g/mol. The number of carbonyl (C=O) groups is 1. The Labute approximate surface area is 106 Å². The van der Waals surface area contributed by atoms with Gasteiger partial charge in [-0.25, -0.2) is 4.79 Å². The second-order valence-corrected chi connectivity index (χ2v) is 1.63. The van der Waals surface area contributed by atoms with Crippen molar-refractivity contribution in [1.29, 1.82) is 0 Å². The van der Waals surface area contributed by atoms with E-state index in [0.29, 0.717) is 0 Å². The van der Waals surface area contributed by atoms with Gasteiger partial charge in [0.05, 0.1) is 0 Å². The van der Waals surface area contributed by atoms with Crippen LogP contribution in [0.15, 0.2) is 0 Å². The van der Waals surface area contributed by atoms with E-state index in [9.17, 15) is 0 Å². The monoisotopic (exact) mass is 218 g/mol. The van der Waals surface area contributed by atoms with Crippen LogP contribution >= 0.6 is 0 Å². The normalized spacial score (nSPS) is 7.45. The predicted octanol–water partition coefficient (Wildman–Crippen LogP) is -4.14. The van der Waals surface area contributed by atoms with Crippen molar-refractivity contribution < 1.29 is 90.8 Å². The van der Waals surface area contributed by atoms with Gasteiger partial charge < -0.3 is 17.1 Å². The van der Waals surface area contributed by atoms with E-state index in [4.69, 9.17) is 32.5 Å². The van der Waals surface area contributed by atoms with Gasteiger partial charge in [0.25, 0.3) is 0 Å². The summed E-state index contributed by atoms with van der Waals surface area (Å²) in [5.41, 5.74) is 0. The van der Waals surface area contributed by atoms with Gasteiger partial charge in [-0.05, 0) is 0 Å². The molecule has 0 amide bonds. The van der Waals surface area contributed by atoms with Crippen molar-refractivity contribution in [3.05, 3.63) is 0 Å². The molecule has 0 radical (unpaired) electrons. The van der Waals surface area contributed by atoms with Crippen molar-refractivity contribution in [2.45, 2.75) is 0 Å². The topological polar surface area (TPSA) is 164 Å². The van der Waals surface area contributed by atoms with Crippen LogP contribution in [0.5, 0.6) is 0 Å². The molecule has 10 heteroatoms. The van der Waals surface area contributed by atoms with E-state index in [1.165, 1.54) is 0 Å². The van der Waals surface area contributed by atoms with Gasteiger partial charge in [-0.3, -0.25) is 9.11 Å². The third kappa shape index (κ3) is 1510. The molecular formula is CH7KO8S. The first kappa shape index (κ1) is 22.6. The number of rotatable bonds is 0. The van der Waals surface area contributed by atoms with Crippen molar-refractivity contribution >= 4 is 16.6 Å². The molecule has 6 N–H and O–H groups in total. The number of hydrogen-bond acceptors (Lipinski definition) is 3. The maximum Gasteiger partial charge on any atom is 1.00 e. The Morgan fingerprint density at radius 3 is 1.18 bits per heavy atom. The summed E-state index contributed by atoms with van der Waals surface area (Å²) in [5, 5.41) is 13.9. The van der Waals surface area contributed by atoms with E-state index in [-0.39, 0.29) is 58.3 Å². The summed E-state index contributed by atoms with van der Waals surface area (Å²) in [6, 6.07) is 0. The van der Waals surface area contributed by atoms with E-state index in [0.717, 1.165) is 0 Å². The molecule has 0 unspecified atom stereocenters. The molecule has 8 nitrogen and oxygen atoms in total. The van der Waals surface area contributed by atoms with Crippen molar-refractivity contribution in [2.75, 3.05) is 0 Å². The van der Waals surface area contributed by atoms with Crippen molar-refractivity contribution in [2.24, 2.45) is 0 Å². The van der Waals surface area contributed by atoms with Crippen LogP contribution < -0.4 is 51.4 Å². The minimum absolute atomic E-state index is 0. The van der Waals surface area contributed by atoms with Gasteiger partial charge in [-0.15, -0.1) is 0 Å². The predicted molar refractivity (Wildman–Crippen MR) is 29.6 cm³/mol. The van der Waals surface area contributed by atoms with E-state index >= 15 is 0 Å². The first-order valence-corrected chi connectivity index (χ1v) is 2.75. The molecule has 0 aliphatic rings. The van der Waals surface area contributed by atoms with E-state index in [1.807, 2.05) is 0 Å². The molecule has 0 aromatic rings. The zero-order chi connectivity index (χ0) is 8.08. The molecule has 66 valence electrons. The molecule has 0 fully saturated rings. The van der Waals surface area contributed by atoms with Gasteiger partial charge in [-0.1, -0.05) is 0 Å². The molecule has 0 spiro atoms. The summed E-state index contributed by atoms with van der Waals surface area (Å²) < 4.78 is 31.6. The Morgan fingerprint density at radius 2 is 1.18 bits per heavy atom. The van der Waals surface area contributed by atoms with Crippen LogP contribution in [0.25, 0.3) is 0 Å². The summed E-state index contributed by atoms with van der Waals surface area (Å²) in [7, 11) is -4.67. The second-order valence-electron chi connectivity index (χ2n) is 0.730. The summed E-state index contributed by atoms with van der Waals surface area (Å²) in [6.07, 6.45) is -1.83. The Balaban J connectivity index is -0.0000000221. The van der Waals surface area contributed by atoms with Crippen LogP contribution in [-0.4, -0.2) is 39.4 Å². The summed E-state index contributed by atoms with van der Waals surface area (Å²) in [6.45, 7) is 0. The maximum absolute atomic E-state index is 8.74. The standard InChI is InChI=1S/CH2O3.K.H2O4S.H2O.H/c2-1(3)4;;1-5(2,3)4;;/h(H2,2,3,4);;(H2,1,2,3,4);1H2;/q;+1;;;-1. The van der Waals surface area contributed by atoms with Gasteiger partial charge >= 0.3 is 67.9 Å². The third-order valence-electron chi connectivity index (χ3n) is 0. The van der Waals surface area contributed by atoms with Gasteiger partial charge in [-0.2, -0.15) is 8.42 Å². The van der Waals surface area contributed by atoms with Crippen LogP contribution in [-0.2, 0) is 10.4 Å². The Morgan fingerprint density at radius 1 is 1.18 bits per heavy atom. The number of carboxylic acid groups (broad SMARTS) is 2. The average Bonchev–Trinajstić information content (AvgIpc) is 1.19. The van der Waals surface area contributed by atoms with Crippen LogP contribution in [0.2, 0.25) is 0 Å². The molecular weight excluding hydrogens is 211 g/mol. The summed E-state index contributed by atoms with van der Waals surface area (Å²) in [4.78, 5) is 8.56. The fourth-order valence-electron chi connectivity index (χ4n) is 0. The van der Waals surface area contributed by atoms with E-state index < -0.39 is 16.6 Å². The molecule has 0 aromatic heterocycles. The maximum atomic E-state index is 8.74. The molecule has 0 aliphatic heterocycles. The van der Waals surface area contributed by atoms with Crippen molar-refractivity contribution in [3.8, 4) is 0 Å². The van der Waals surface area contributed by atoms with Gasteiger partial charge in [0.15, 0.2) is 0 Å². The second kappa shape index (κ2) is 10.7. The van der Waals surface area contributed by atoms with Crippen molar-refractivity contribution in [1.82, 2.24) is 0 Å². The molecule has 11 heavy (non-hydrogen) atoms. The fraction of sp³-hybridized carbons (Fsp3) is 0. The minimum Gasteiger partial charge on any atom is -1.00 e. The third-order valence-corrected chi connectivity index (χ3v) is 0. The van der Waals surface area contributed by atoms with Gasteiger partial charge in [0.1, 0.15) is 0 Å². The zero-order valence-corrected chi connectivity index (χ0v) is 9.36. The smallest absolute Gasteiger partial charge is 1.00 e. The molecule has 0 bridgehead atoms. The zero-order valence-electron chi connectivity index (χ0n) is 6.42. The minimum atomic E-state index is -4.67. The van der Waals surface area contributed by atoms with E-state index in [2.05, 4.69) is 0 Å². The van der Waals surface area contributed by atoms with Crippen LogP contribution in [0.4, 0.5) is 4.79 Å².